The molecule has 106 valence electrons. The van der Waals surface area contributed by atoms with Crippen LogP contribution in [0.2, 0.25) is 0 Å². The van der Waals surface area contributed by atoms with E-state index in [4.69, 9.17) is 5.11 Å². The summed E-state index contributed by atoms with van der Waals surface area (Å²) in [4.78, 5) is 24.7. The molecule has 1 heterocycles. The van der Waals surface area contributed by atoms with Crippen molar-refractivity contribution >= 4 is 11.9 Å². The van der Waals surface area contributed by atoms with E-state index in [0.717, 1.165) is 19.6 Å². The maximum Gasteiger partial charge on any atom is 0.354 e. The molecule has 0 atom stereocenters. The molecule has 0 radical (unpaired) electrons. The molecule has 1 aromatic rings. The number of carboxylic acids is 1. The van der Waals surface area contributed by atoms with Gasteiger partial charge in [-0.15, -0.1) is 0 Å². The number of aromatic nitrogens is 2. The number of hydrogen-bond acceptors (Lipinski definition) is 4. The number of nitrogens with zero attached hydrogens (tertiary/aromatic N) is 3. The topological polar surface area (TPSA) is 87.5 Å². The Labute approximate surface area is 112 Å². The van der Waals surface area contributed by atoms with Crippen molar-refractivity contribution in [2.24, 2.45) is 0 Å². The van der Waals surface area contributed by atoms with Gasteiger partial charge in [-0.25, -0.2) is 9.48 Å². The minimum Gasteiger partial charge on any atom is -0.477 e. The molecule has 0 fully saturated rings. The molecule has 1 amide bonds. The number of amides is 1. The summed E-state index contributed by atoms with van der Waals surface area (Å²) in [6, 6.07) is 1.37. The summed E-state index contributed by atoms with van der Waals surface area (Å²) in [5, 5.41) is 15.5. The van der Waals surface area contributed by atoms with E-state index in [-0.39, 0.29) is 18.1 Å². The third-order valence-electron chi connectivity index (χ3n) is 2.87. The van der Waals surface area contributed by atoms with Gasteiger partial charge in [0.2, 0.25) is 5.91 Å². The highest BCUT2D eigenvalue weighted by Crippen LogP contribution is 1.98. The van der Waals surface area contributed by atoms with Crippen molar-refractivity contribution in [2.45, 2.75) is 20.4 Å². The van der Waals surface area contributed by atoms with Crippen LogP contribution >= 0.6 is 0 Å². The maximum atomic E-state index is 11.7. The SMILES string of the molecule is CCN(CC)CCNC(=O)Cn1nccc1C(=O)O. The molecular weight excluding hydrogens is 248 g/mol. The number of aromatic carboxylic acids is 1. The van der Waals surface area contributed by atoms with Gasteiger partial charge in [0, 0.05) is 19.3 Å². The van der Waals surface area contributed by atoms with Crippen LogP contribution in [0.1, 0.15) is 24.3 Å². The van der Waals surface area contributed by atoms with Gasteiger partial charge in [0.15, 0.2) is 0 Å². The molecule has 0 bridgehead atoms. The fourth-order valence-corrected chi connectivity index (χ4v) is 1.73. The predicted octanol–water partition coefficient (Wildman–Crippen LogP) is 0.0393. The Hall–Kier alpha value is -1.89. The first-order valence-corrected chi connectivity index (χ1v) is 6.32. The molecule has 0 unspecified atom stereocenters. The predicted molar refractivity (Wildman–Crippen MR) is 70.0 cm³/mol. The molecule has 7 nitrogen and oxygen atoms in total. The summed E-state index contributed by atoms with van der Waals surface area (Å²) >= 11 is 0. The first-order chi connectivity index (χ1) is 9.08. The molecule has 19 heavy (non-hydrogen) atoms. The number of carbonyl (C=O) groups is 2. The maximum absolute atomic E-state index is 11.7. The molecule has 0 saturated heterocycles. The van der Waals surface area contributed by atoms with Crippen LogP contribution in [-0.2, 0) is 11.3 Å². The Morgan fingerprint density at radius 2 is 2.11 bits per heavy atom. The van der Waals surface area contributed by atoms with Crippen molar-refractivity contribution in [3.63, 3.8) is 0 Å². The summed E-state index contributed by atoms with van der Waals surface area (Å²) in [5.41, 5.74) is 0.0129. The lowest BCUT2D eigenvalue weighted by Gasteiger charge is -2.17. The van der Waals surface area contributed by atoms with Gasteiger partial charge in [-0.2, -0.15) is 5.10 Å². The van der Waals surface area contributed by atoms with E-state index in [1.165, 1.54) is 16.9 Å². The first kappa shape index (κ1) is 15.2. The Bertz CT molecular complexity index is 426. The van der Waals surface area contributed by atoms with Gasteiger partial charge in [-0.1, -0.05) is 13.8 Å². The molecule has 0 aliphatic rings. The van der Waals surface area contributed by atoms with Gasteiger partial charge in [0.1, 0.15) is 12.2 Å². The van der Waals surface area contributed by atoms with Gasteiger partial charge in [0.25, 0.3) is 0 Å². The zero-order chi connectivity index (χ0) is 14.3. The van der Waals surface area contributed by atoms with Crippen LogP contribution in [0.15, 0.2) is 12.3 Å². The second-order valence-electron chi connectivity index (χ2n) is 4.06. The summed E-state index contributed by atoms with van der Waals surface area (Å²) in [6.07, 6.45) is 1.37. The molecule has 1 rings (SSSR count). The lowest BCUT2D eigenvalue weighted by atomic mass is 10.4. The Morgan fingerprint density at radius 1 is 1.42 bits per heavy atom. The normalized spacial score (nSPS) is 10.7. The summed E-state index contributed by atoms with van der Waals surface area (Å²) in [5.74, 6) is -1.33. The Morgan fingerprint density at radius 3 is 2.68 bits per heavy atom. The quantitative estimate of drug-likeness (QED) is 0.695. The molecule has 1 aromatic heterocycles. The first-order valence-electron chi connectivity index (χ1n) is 6.32. The highest BCUT2D eigenvalue weighted by Gasteiger charge is 2.12. The van der Waals surface area contributed by atoms with E-state index in [1.54, 1.807) is 0 Å². The van der Waals surface area contributed by atoms with Crippen LogP contribution in [0.5, 0.6) is 0 Å². The molecule has 7 heteroatoms. The van der Waals surface area contributed by atoms with E-state index in [1.807, 2.05) is 0 Å². The van der Waals surface area contributed by atoms with Crippen LogP contribution in [0.25, 0.3) is 0 Å². The van der Waals surface area contributed by atoms with E-state index >= 15 is 0 Å². The largest absolute Gasteiger partial charge is 0.477 e. The van der Waals surface area contributed by atoms with Crippen LogP contribution in [0.4, 0.5) is 0 Å². The highest BCUT2D eigenvalue weighted by molar-refractivity contribution is 5.86. The van der Waals surface area contributed by atoms with Crippen LogP contribution in [0.3, 0.4) is 0 Å². The van der Waals surface area contributed by atoms with Gasteiger partial charge in [-0.3, -0.25) is 4.79 Å². The Kier molecular flexibility index (Phi) is 6.01. The second kappa shape index (κ2) is 7.52. The summed E-state index contributed by atoms with van der Waals surface area (Å²) in [6.45, 7) is 7.26. The van der Waals surface area contributed by atoms with E-state index in [0.29, 0.717) is 6.54 Å². The van der Waals surface area contributed by atoms with Crippen LogP contribution < -0.4 is 5.32 Å². The van der Waals surface area contributed by atoms with Crippen LogP contribution in [-0.4, -0.2) is 57.8 Å². The second-order valence-corrected chi connectivity index (χ2v) is 4.06. The molecule has 0 aliphatic carbocycles. The molecule has 0 aromatic carbocycles. The average Bonchev–Trinajstić information content (AvgIpc) is 2.83. The van der Waals surface area contributed by atoms with Gasteiger partial charge < -0.3 is 15.3 Å². The van der Waals surface area contributed by atoms with Crippen LogP contribution in [0, 0.1) is 0 Å². The standard InChI is InChI=1S/C12H20N4O3/c1-3-15(4-2)8-7-13-11(17)9-16-10(12(18)19)5-6-14-16/h5-6H,3-4,7-9H2,1-2H3,(H,13,17)(H,18,19). The third-order valence-corrected chi connectivity index (χ3v) is 2.87. The number of likely N-dealkylation sites (N-methyl/N-ethyl adjacent to an activating group) is 1. The van der Waals surface area contributed by atoms with Gasteiger partial charge >= 0.3 is 5.97 Å². The molecule has 2 N–H and O–H groups in total. The number of carbonyl (C=O) groups excluding carboxylic acids is 1. The zero-order valence-corrected chi connectivity index (χ0v) is 11.3. The average molecular weight is 268 g/mol. The van der Waals surface area contributed by atoms with Gasteiger partial charge in [-0.05, 0) is 19.2 Å². The molecule has 0 aliphatic heterocycles. The lowest BCUT2D eigenvalue weighted by Crippen LogP contribution is -2.36. The fraction of sp³-hybridized carbons (Fsp3) is 0.583. The number of nitrogens with one attached hydrogen (secondary N) is 1. The molecule has 0 saturated carbocycles. The van der Waals surface area contributed by atoms with Crippen molar-refractivity contribution in [2.75, 3.05) is 26.2 Å². The fourth-order valence-electron chi connectivity index (χ4n) is 1.73. The minimum absolute atomic E-state index is 0.0129. The molecule has 0 spiro atoms. The summed E-state index contributed by atoms with van der Waals surface area (Å²) in [7, 11) is 0. The van der Waals surface area contributed by atoms with Crippen molar-refractivity contribution in [1.82, 2.24) is 20.0 Å². The number of rotatable bonds is 8. The van der Waals surface area contributed by atoms with Crippen molar-refractivity contribution in [3.05, 3.63) is 18.0 Å². The minimum atomic E-state index is -1.09. The monoisotopic (exact) mass is 268 g/mol. The molecular formula is C12H20N4O3. The van der Waals surface area contributed by atoms with Crippen molar-refractivity contribution in [3.8, 4) is 0 Å². The summed E-state index contributed by atoms with van der Waals surface area (Å²) < 4.78 is 1.18. The van der Waals surface area contributed by atoms with E-state index < -0.39 is 5.97 Å². The Balaban J connectivity index is 2.39. The van der Waals surface area contributed by atoms with Crippen molar-refractivity contribution < 1.29 is 14.7 Å². The van der Waals surface area contributed by atoms with E-state index in [2.05, 4.69) is 29.2 Å². The van der Waals surface area contributed by atoms with E-state index in [9.17, 15) is 9.59 Å². The highest BCUT2D eigenvalue weighted by atomic mass is 16.4. The van der Waals surface area contributed by atoms with Gasteiger partial charge in [0.05, 0.1) is 0 Å². The smallest absolute Gasteiger partial charge is 0.354 e. The zero-order valence-electron chi connectivity index (χ0n) is 11.3. The lowest BCUT2D eigenvalue weighted by molar-refractivity contribution is -0.121. The number of hydrogen-bond donors (Lipinski definition) is 2. The van der Waals surface area contributed by atoms with Crippen molar-refractivity contribution in [1.29, 1.82) is 0 Å². The number of carboxylic acid groups (broad SMARTS) is 1. The third kappa shape index (κ3) is 4.70.